The summed E-state index contributed by atoms with van der Waals surface area (Å²) in [5.74, 6) is -1.93. The molecule has 2 aliphatic heterocycles. The summed E-state index contributed by atoms with van der Waals surface area (Å²) in [4.78, 5) is 76.8. The number of nitrogens with one attached hydrogen (secondary N) is 3. The molecular weight excluding hydrogens is 965 g/mol. The number of fused-ring (bicyclic) bond motifs is 2. The van der Waals surface area contributed by atoms with Crippen molar-refractivity contribution in [3.63, 3.8) is 0 Å². The van der Waals surface area contributed by atoms with Crippen molar-refractivity contribution in [2.24, 2.45) is 11.8 Å². The van der Waals surface area contributed by atoms with Gasteiger partial charge in [-0.25, -0.2) is 23.8 Å². The summed E-state index contributed by atoms with van der Waals surface area (Å²) >= 11 is 0. The van der Waals surface area contributed by atoms with Crippen LogP contribution in [-0.4, -0.2) is 116 Å². The second kappa shape index (κ2) is 21.3. The van der Waals surface area contributed by atoms with E-state index in [1.54, 1.807) is 58.3 Å². The van der Waals surface area contributed by atoms with Gasteiger partial charge in [-0.1, -0.05) is 48.5 Å². The molecule has 10 rings (SSSR count). The van der Waals surface area contributed by atoms with Crippen LogP contribution in [0.5, 0.6) is 0 Å². The Morgan fingerprint density at radius 1 is 0.591 bits per heavy atom. The van der Waals surface area contributed by atoms with Crippen LogP contribution in [0, 0.1) is 23.5 Å². The Labute approximate surface area is 396 Å². The molecule has 0 spiro atoms. The van der Waals surface area contributed by atoms with E-state index in [9.17, 15) is 37.5 Å². The Kier molecular flexibility index (Phi) is 15.3. The molecule has 2 saturated heterocycles. The lowest BCUT2D eigenvalue weighted by Gasteiger charge is -2.35. The normalized spacial score (nSPS) is 15.8. The number of nitrogens with zero attached hydrogens (tertiary/aromatic N) is 5. The van der Waals surface area contributed by atoms with Crippen LogP contribution in [0.15, 0.2) is 94.5 Å². The van der Waals surface area contributed by atoms with Crippen molar-refractivity contribution in [2.75, 3.05) is 52.4 Å². The van der Waals surface area contributed by atoms with Crippen LogP contribution < -0.4 is 16.4 Å². The van der Waals surface area contributed by atoms with E-state index in [-0.39, 0.29) is 71.8 Å². The zero-order chi connectivity index (χ0) is 45.6. The number of amides is 3. The average molecular weight is 1020 g/mol. The number of aromatic carboxylic acids is 1. The van der Waals surface area contributed by atoms with Gasteiger partial charge in [0, 0.05) is 89.2 Å². The van der Waals surface area contributed by atoms with Gasteiger partial charge < -0.3 is 25.1 Å². The monoisotopic (exact) mass is 1020 g/mol. The third-order valence-corrected chi connectivity index (χ3v) is 12.0. The molecular formula is C48H51F2IN8O7. The first-order valence-corrected chi connectivity index (χ1v) is 21.8. The molecule has 2 saturated carbocycles. The Bertz CT molecular complexity index is 2900. The molecule has 4 N–H and O–H groups in total. The maximum absolute atomic E-state index is 14.6. The van der Waals surface area contributed by atoms with E-state index in [2.05, 4.69) is 25.7 Å². The van der Waals surface area contributed by atoms with Crippen molar-refractivity contribution in [3.8, 4) is 0 Å². The van der Waals surface area contributed by atoms with Crippen LogP contribution >= 0.6 is 24.0 Å². The minimum atomic E-state index is -1.32. The molecule has 346 valence electrons. The molecule has 4 aromatic carbocycles. The predicted molar refractivity (Wildman–Crippen MR) is 255 cm³/mol. The summed E-state index contributed by atoms with van der Waals surface area (Å²) < 4.78 is 28.0. The van der Waals surface area contributed by atoms with Crippen LogP contribution in [-0.2, 0) is 22.4 Å². The van der Waals surface area contributed by atoms with E-state index in [0.717, 1.165) is 68.9 Å². The van der Waals surface area contributed by atoms with Crippen LogP contribution in [0.3, 0.4) is 0 Å². The quantitative estimate of drug-likeness (QED) is 0.143. The second-order valence-corrected chi connectivity index (χ2v) is 16.6. The van der Waals surface area contributed by atoms with E-state index in [1.807, 2.05) is 17.0 Å². The largest absolute Gasteiger partial charge is 0.478 e. The number of benzene rings is 4. The van der Waals surface area contributed by atoms with Crippen molar-refractivity contribution < 1.29 is 34.5 Å². The molecule has 6 aromatic rings. The number of carbonyl (C=O) groups excluding carboxylic acids is 3. The highest BCUT2D eigenvalue weighted by Crippen LogP contribution is 2.32. The van der Waals surface area contributed by atoms with Gasteiger partial charge in [-0.15, -0.1) is 24.0 Å². The average Bonchev–Trinajstić information content (AvgIpc) is 4.28. The van der Waals surface area contributed by atoms with Crippen LogP contribution in [0.4, 0.5) is 8.78 Å². The van der Waals surface area contributed by atoms with Crippen LogP contribution in [0.2, 0.25) is 0 Å². The van der Waals surface area contributed by atoms with E-state index in [1.165, 1.54) is 18.2 Å². The molecule has 4 fully saturated rings. The lowest BCUT2D eigenvalue weighted by molar-refractivity contribution is -0.134. The van der Waals surface area contributed by atoms with Gasteiger partial charge in [0.15, 0.2) is 0 Å². The fraction of sp³-hybridized carbons (Fsp3) is 0.333. The van der Waals surface area contributed by atoms with Gasteiger partial charge in [0.2, 0.25) is 11.8 Å². The predicted octanol–water partition coefficient (Wildman–Crippen LogP) is 5.39. The van der Waals surface area contributed by atoms with E-state index >= 15 is 0 Å². The van der Waals surface area contributed by atoms with Crippen molar-refractivity contribution >= 4 is 69.2 Å². The van der Waals surface area contributed by atoms with E-state index in [0.29, 0.717) is 77.5 Å². The Morgan fingerprint density at radius 3 is 1.45 bits per heavy atom. The molecule has 0 unspecified atom stereocenters. The highest BCUT2D eigenvalue weighted by Gasteiger charge is 2.36. The van der Waals surface area contributed by atoms with Gasteiger partial charge in [-0.05, 0) is 73.2 Å². The van der Waals surface area contributed by atoms with Gasteiger partial charge in [0.25, 0.3) is 17.0 Å². The first kappa shape index (κ1) is 47.5. The van der Waals surface area contributed by atoms with Crippen molar-refractivity contribution in [2.45, 2.75) is 38.5 Å². The smallest absolute Gasteiger partial charge is 0.338 e. The minimum Gasteiger partial charge on any atom is -0.478 e. The summed E-state index contributed by atoms with van der Waals surface area (Å²) in [5, 5.41) is 27.8. The lowest BCUT2D eigenvalue weighted by atomic mass is 10.0. The maximum Gasteiger partial charge on any atom is 0.338 e. The number of hydrogen-bond donors (Lipinski definition) is 4. The molecule has 18 heteroatoms. The summed E-state index contributed by atoms with van der Waals surface area (Å²) in [6.07, 6.45) is 4.80. The molecule has 15 nitrogen and oxygen atoms in total. The molecule has 2 aromatic heterocycles. The summed E-state index contributed by atoms with van der Waals surface area (Å²) in [6, 6.07) is 22.5. The molecule has 3 amide bonds. The van der Waals surface area contributed by atoms with Gasteiger partial charge in [-0.2, -0.15) is 10.2 Å². The van der Waals surface area contributed by atoms with Gasteiger partial charge >= 0.3 is 5.97 Å². The van der Waals surface area contributed by atoms with Crippen molar-refractivity contribution in [1.29, 1.82) is 0 Å². The van der Waals surface area contributed by atoms with Crippen molar-refractivity contribution in [1.82, 2.24) is 40.4 Å². The fourth-order valence-electron chi connectivity index (χ4n) is 8.05. The molecule has 0 atom stereocenters. The first-order chi connectivity index (χ1) is 31.4. The number of carbonyl (C=O) groups is 4. The van der Waals surface area contributed by atoms with Crippen molar-refractivity contribution in [3.05, 3.63) is 151 Å². The number of hydrogen-bond acceptors (Lipinski definition) is 9. The highest BCUT2D eigenvalue weighted by atomic mass is 127. The number of rotatable bonds is 8. The Morgan fingerprint density at radius 2 is 1.00 bits per heavy atom. The Hall–Kier alpha value is -6.41. The fourth-order valence-corrected chi connectivity index (χ4v) is 8.05. The minimum absolute atomic E-state index is 0. The highest BCUT2D eigenvalue weighted by molar-refractivity contribution is 14.0. The second-order valence-electron chi connectivity index (χ2n) is 16.6. The van der Waals surface area contributed by atoms with Crippen LogP contribution in [0.25, 0.3) is 21.5 Å². The summed E-state index contributed by atoms with van der Waals surface area (Å²) in [7, 11) is 0. The topological polar surface area (TPSA) is 202 Å². The molecule has 2 aliphatic carbocycles. The Balaban J connectivity index is 0.000000183. The summed E-state index contributed by atoms with van der Waals surface area (Å²) in [5.41, 5.74) is 1.65. The number of aromatic amines is 2. The SMILES string of the molecule is I.O=C(C1CC1)N1CCNCC1.O=C(O)c1cc(Cc2n[nH]c(=O)c3ccccc23)ccc1F.O=C(c1cc(Cc2n[nH]c(=O)c3ccccc23)ccc1F)N1CCN(C(=O)C2CC2)CC1.[2HH]. The van der Waals surface area contributed by atoms with Gasteiger partial charge in [-0.3, -0.25) is 24.0 Å². The first-order valence-electron chi connectivity index (χ1n) is 21.8. The number of piperazine rings is 2. The molecule has 4 heterocycles. The van der Waals surface area contributed by atoms with E-state index < -0.39 is 17.6 Å². The number of carboxylic acid groups (broad SMARTS) is 1. The number of H-pyrrole nitrogens is 2. The van der Waals surface area contributed by atoms with E-state index in [4.69, 9.17) is 5.11 Å². The number of halogens is 3. The van der Waals surface area contributed by atoms with Crippen LogP contribution in [0.1, 0.15) is 70.3 Å². The number of aromatic nitrogens is 4. The van der Waals surface area contributed by atoms with Gasteiger partial charge in [0.05, 0.1) is 33.3 Å². The zero-order valence-electron chi connectivity index (χ0n) is 35.9. The molecule has 0 bridgehead atoms. The molecule has 4 aliphatic rings. The maximum atomic E-state index is 14.6. The standard InChI is InChI=1S/C24H23FN4O3.C16H11FN2O3.C8H14N2O.HI.H2/c25-20-8-5-15(14-21-17-3-1-2-4-18(17)22(30)27-26-21)13-19(20)24(32)29-11-9-28(10-12-29)23(31)16-6-7-16;17-13-6-5-9(7-12(13)16(21)22)8-14-10-3-1-2-4-11(10)15(20)19-18-14;11-8(7-1-2-7)10-5-3-9-4-6-10;;/h1-5,8,13,16H,6-7,9-12,14H2,(H,27,30);1-7H,8H2,(H,19,20)(H,21,22);7,9H,1-6H2;2*1H/i;;;;1+1. The number of carboxylic acids is 1. The lowest BCUT2D eigenvalue weighted by Crippen LogP contribution is -2.51. The zero-order valence-corrected chi connectivity index (χ0v) is 38.3. The third kappa shape index (κ3) is 11.3. The summed E-state index contributed by atoms with van der Waals surface area (Å²) in [6.45, 7) is 5.52. The molecule has 66 heavy (non-hydrogen) atoms. The van der Waals surface area contributed by atoms with Gasteiger partial charge in [0.1, 0.15) is 11.6 Å². The molecule has 0 radical (unpaired) electrons. The third-order valence-electron chi connectivity index (χ3n) is 12.0.